The van der Waals surface area contributed by atoms with Crippen LogP contribution in [0, 0.1) is 0 Å². The molecule has 0 saturated heterocycles. The molecular weight excluding hydrogens is 959 g/mol. The minimum absolute atomic E-state index is 0. The molecule has 0 aromatic heterocycles. The van der Waals surface area contributed by atoms with E-state index < -0.39 is 0 Å². The van der Waals surface area contributed by atoms with E-state index >= 15 is 0 Å². The fourth-order valence-electron chi connectivity index (χ4n) is 0.289. The van der Waals surface area contributed by atoms with Crippen LogP contribution in [0.25, 0.3) is 0 Å². The van der Waals surface area contributed by atoms with E-state index in [1.54, 1.807) is 0 Å². The van der Waals surface area contributed by atoms with Crippen LogP contribution in [0.4, 0.5) is 0 Å². The maximum absolute atomic E-state index is 5.16. The largest absolute Gasteiger partial charge is 0.0887 e. The Bertz CT molecular complexity index is 32.8. The number of hydrogen-bond donors (Lipinski definition) is 0. The molecule has 14 radical (unpaired) electrons. The predicted octanol–water partition coefficient (Wildman–Crippen LogP) is 0.915. The average Bonchev–Trinajstić information content (AvgIpc) is 1.61. The first-order valence-electron chi connectivity index (χ1n) is 2.32. The summed E-state index contributed by atoms with van der Waals surface area (Å²) in [6.45, 7) is 0. The second-order valence-electron chi connectivity index (χ2n) is 1.28. The van der Waals surface area contributed by atoms with Crippen LogP contribution in [-0.2, 0) is 327 Å². The van der Waals surface area contributed by atoms with E-state index in [1.165, 1.54) is 0 Å². The van der Waals surface area contributed by atoms with Gasteiger partial charge in [0.05, 0.1) is 15.7 Å². The molecule has 0 saturated carbocycles. The van der Waals surface area contributed by atoms with Crippen molar-refractivity contribution in [1.82, 2.24) is 0 Å². The van der Waals surface area contributed by atoms with Gasteiger partial charge in [0.15, 0.2) is 0 Å². The zero-order chi connectivity index (χ0) is 4.83. The second kappa shape index (κ2) is 72.0. The topological polar surface area (TPSA) is 0 Å². The van der Waals surface area contributed by atoms with Gasteiger partial charge in [-0.3, -0.25) is 0 Å². The first kappa shape index (κ1) is 71.2. The fraction of sp³-hybridized carbons (Fsp3) is 1.00. The summed E-state index contributed by atoms with van der Waals surface area (Å²) in [4.78, 5) is 0. The zero-order valence-electron chi connectivity index (χ0n) is 9.76. The van der Waals surface area contributed by atoms with E-state index in [0.29, 0.717) is 0 Å². The van der Waals surface area contributed by atoms with Crippen molar-refractivity contribution < 1.29 is 327 Å². The molecule has 0 aromatic rings. The first-order valence-corrected chi connectivity index (χ1v) is 2.32. The van der Waals surface area contributed by atoms with Crippen LogP contribution in [0.15, 0.2) is 0 Å². The number of rotatable bonds is 3. The summed E-state index contributed by atoms with van der Waals surface area (Å²) in [5, 5.41) is 0. The Kier molecular flexibility index (Phi) is 320. The standard InChI is InChI=1S/C4H8B2.10Y/c5-3-1-2-4-6;;;;;;;;;;/h1-4H2;;;;;;;;;;. The molecule has 0 N–H and O–H groups in total. The first-order chi connectivity index (χ1) is 2.91. The Morgan fingerprint density at radius 3 is 0.562 bits per heavy atom. The van der Waals surface area contributed by atoms with E-state index in [9.17, 15) is 0 Å². The van der Waals surface area contributed by atoms with Crippen molar-refractivity contribution in [2.45, 2.75) is 25.5 Å². The molecule has 0 aromatic carbocycles. The minimum Gasteiger partial charge on any atom is -0.0887 e. The van der Waals surface area contributed by atoms with Gasteiger partial charge in [0.25, 0.3) is 0 Å². The summed E-state index contributed by atoms with van der Waals surface area (Å²) >= 11 is 0. The van der Waals surface area contributed by atoms with Gasteiger partial charge in [-0.15, -0.1) is 0 Å². The van der Waals surface area contributed by atoms with Gasteiger partial charge in [0, 0.05) is 327 Å². The zero-order valence-corrected chi connectivity index (χ0v) is 38.1. The normalized spacial score (nSPS) is 3.25. The molecule has 0 aliphatic carbocycles. The summed E-state index contributed by atoms with van der Waals surface area (Å²) in [6, 6.07) is 0. The van der Waals surface area contributed by atoms with Crippen LogP contribution < -0.4 is 0 Å². The van der Waals surface area contributed by atoms with Gasteiger partial charge in [0.2, 0.25) is 0 Å². The summed E-state index contributed by atoms with van der Waals surface area (Å²) in [6.07, 6.45) is 3.68. The van der Waals surface area contributed by atoms with Crippen LogP contribution in [0.2, 0.25) is 12.6 Å². The fourth-order valence-corrected chi connectivity index (χ4v) is 0.289. The Morgan fingerprint density at radius 1 is 0.375 bits per heavy atom. The molecule has 16 heavy (non-hydrogen) atoms. The third kappa shape index (κ3) is 73.2. The van der Waals surface area contributed by atoms with Crippen molar-refractivity contribution in [2.75, 3.05) is 0 Å². The summed E-state index contributed by atoms with van der Waals surface area (Å²) in [5.74, 6) is 0. The van der Waals surface area contributed by atoms with E-state index in [2.05, 4.69) is 0 Å². The monoisotopic (exact) mass is 967 g/mol. The van der Waals surface area contributed by atoms with E-state index in [1.807, 2.05) is 0 Å². The molecule has 12 heteroatoms. The summed E-state index contributed by atoms with van der Waals surface area (Å²) < 4.78 is 0. The maximum Gasteiger partial charge on any atom is 0.0652 e. The van der Waals surface area contributed by atoms with Gasteiger partial charge >= 0.3 is 0 Å². The molecule has 0 unspecified atom stereocenters. The second-order valence-corrected chi connectivity index (χ2v) is 1.28. The molecule has 0 amide bonds. The van der Waals surface area contributed by atoms with Crippen molar-refractivity contribution in [1.29, 1.82) is 0 Å². The van der Waals surface area contributed by atoms with Crippen LogP contribution in [-0.4, -0.2) is 15.7 Å². The Labute approximate surface area is 356 Å². The molecular formula is C4H8B2Y10. The van der Waals surface area contributed by atoms with Crippen molar-refractivity contribution in [3.8, 4) is 0 Å². The molecule has 0 aliphatic rings. The van der Waals surface area contributed by atoms with Crippen LogP contribution in [0.1, 0.15) is 12.8 Å². The smallest absolute Gasteiger partial charge is 0.0652 e. The van der Waals surface area contributed by atoms with E-state index in [4.69, 9.17) is 15.7 Å². The molecule has 0 nitrogen and oxygen atoms in total. The van der Waals surface area contributed by atoms with E-state index in [-0.39, 0.29) is 327 Å². The number of hydrogen-bond acceptors (Lipinski definition) is 0. The molecule has 0 bridgehead atoms. The molecule has 0 atom stereocenters. The number of unbranched alkanes of at least 4 members (excludes halogenated alkanes) is 1. The van der Waals surface area contributed by atoms with Gasteiger partial charge in [0.1, 0.15) is 0 Å². The Hall–Kier alpha value is 11.2. The quantitative estimate of drug-likeness (QED) is 0.292. The predicted molar refractivity (Wildman–Crippen MR) is 30.4 cm³/mol. The van der Waals surface area contributed by atoms with Gasteiger partial charge in [-0.2, -0.15) is 0 Å². The van der Waals surface area contributed by atoms with Gasteiger partial charge in [-0.1, -0.05) is 25.5 Å². The van der Waals surface area contributed by atoms with Crippen LogP contribution in [0.5, 0.6) is 0 Å². The molecule has 0 spiro atoms. The Balaban J connectivity index is -0.00000000278. The van der Waals surface area contributed by atoms with Gasteiger partial charge in [-0.25, -0.2) is 0 Å². The molecule has 0 heterocycles. The van der Waals surface area contributed by atoms with Crippen molar-refractivity contribution in [2.24, 2.45) is 0 Å². The molecule has 0 aliphatic heterocycles. The van der Waals surface area contributed by atoms with Crippen LogP contribution >= 0.6 is 0 Å². The maximum atomic E-state index is 5.16. The van der Waals surface area contributed by atoms with Crippen molar-refractivity contribution in [3.63, 3.8) is 0 Å². The summed E-state index contributed by atoms with van der Waals surface area (Å²) in [5.41, 5.74) is 0. The average molecular weight is 967 g/mol. The molecule has 0 rings (SSSR count). The van der Waals surface area contributed by atoms with E-state index in [0.717, 1.165) is 25.5 Å². The van der Waals surface area contributed by atoms with Gasteiger partial charge < -0.3 is 0 Å². The minimum atomic E-state index is 0. The third-order valence-corrected chi connectivity index (χ3v) is 0.658. The summed E-state index contributed by atoms with van der Waals surface area (Å²) in [7, 11) is 10.3. The van der Waals surface area contributed by atoms with Crippen molar-refractivity contribution in [3.05, 3.63) is 0 Å². The Morgan fingerprint density at radius 2 is 0.500 bits per heavy atom. The third-order valence-electron chi connectivity index (χ3n) is 0.658. The van der Waals surface area contributed by atoms with Gasteiger partial charge in [-0.05, 0) is 0 Å². The molecule has 0 fully saturated rings. The van der Waals surface area contributed by atoms with Crippen LogP contribution in [0.3, 0.4) is 0 Å². The SMILES string of the molecule is [B]CCCC[B].[Y].[Y].[Y].[Y].[Y].[Y].[Y].[Y].[Y].[Y]. The van der Waals surface area contributed by atoms with Crippen molar-refractivity contribution >= 4 is 15.7 Å². The molecule has 60 valence electrons.